The molecule has 1 fully saturated rings. The smallest absolute Gasteiger partial charge is 0.251 e. The molecule has 1 aliphatic carbocycles. The average molecular weight is 305 g/mol. The Balaban J connectivity index is 1.70. The van der Waals surface area contributed by atoms with E-state index in [2.05, 4.69) is 16.0 Å². The van der Waals surface area contributed by atoms with Crippen LogP contribution in [0.5, 0.6) is 0 Å². The van der Waals surface area contributed by atoms with E-state index >= 15 is 0 Å². The third-order valence-corrected chi connectivity index (χ3v) is 3.43. The highest BCUT2D eigenvalue weighted by atomic mass is 16.5. The molecule has 1 aromatic rings. The number of amides is 2. The molecule has 0 unspecified atom stereocenters. The van der Waals surface area contributed by atoms with E-state index in [0.29, 0.717) is 25.3 Å². The Morgan fingerprint density at radius 2 is 1.86 bits per heavy atom. The summed E-state index contributed by atoms with van der Waals surface area (Å²) in [7, 11) is 1.65. The molecule has 0 atom stereocenters. The van der Waals surface area contributed by atoms with Gasteiger partial charge in [-0.05, 0) is 37.1 Å². The highest BCUT2D eigenvalue weighted by Gasteiger charge is 2.29. The summed E-state index contributed by atoms with van der Waals surface area (Å²) in [5.41, 5.74) is 1.32. The van der Waals surface area contributed by atoms with E-state index in [1.165, 1.54) is 0 Å². The van der Waals surface area contributed by atoms with Crippen molar-refractivity contribution < 1.29 is 14.3 Å². The van der Waals surface area contributed by atoms with Crippen LogP contribution in [-0.2, 0) is 9.53 Å². The number of nitrogens with one attached hydrogen (secondary N) is 3. The summed E-state index contributed by atoms with van der Waals surface area (Å²) in [6.45, 7) is 2.68. The number of rotatable bonds is 9. The van der Waals surface area contributed by atoms with E-state index < -0.39 is 0 Å². The summed E-state index contributed by atoms with van der Waals surface area (Å²) in [4.78, 5) is 23.6. The summed E-state index contributed by atoms with van der Waals surface area (Å²) in [6.07, 6.45) is 1.95. The summed E-state index contributed by atoms with van der Waals surface area (Å²) in [5.74, 6) is 0.126. The summed E-state index contributed by atoms with van der Waals surface area (Å²) in [6, 6.07) is 6.95. The van der Waals surface area contributed by atoms with E-state index in [1.54, 1.807) is 31.4 Å². The molecule has 1 aromatic carbocycles. The first-order chi connectivity index (χ1) is 10.7. The number of methoxy groups -OCH3 is 1. The molecule has 0 aromatic heterocycles. The largest absolute Gasteiger partial charge is 0.383 e. The lowest BCUT2D eigenvalue weighted by molar-refractivity contribution is -0.117. The monoisotopic (exact) mass is 305 g/mol. The van der Waals surface area contributed by atoms with Crippen LogP contribution in [0, 0.1) is 5.92 Å². The molecule has 0 heterocycles. The second kappa shape index (κ2) is 8.51. The Bertz CT molecular complexity index is 498. The molecule has 2 rings (SSSR count). The summed E-state index contributed by atoms with van der Waals surface area (Å²) in [5, 5.41) is 8.84. The normalized spacial score (nSPS) is 13.7. The molecule has 0 radical (unpaired) electrons. The second-order valence-electron chi connectivity index (χ2n) is 5.34. The van der Waals surface area contributed by atoms with Crippen molar-refractivity contribution in [1.82, 2.24) is 10.6 Å². The van der Waals surface area contributed by atoms with Crippen molar-refractivity contribution in [2.24, 2.45) is 5.92 Å². The van der Waals surface area contributed by atoms with Gasteiger partial charge in [0.1, 0.15) is 0 Å². The van der Waals surface area contributed by atoms with Gasteiger partial charge in [-0.25, -0.2) is 0 Å². The maximum absolute atomic E-state index is 11.9. The van der Waals surface area contributed by atoms with Crippen LogP contribution in [0.4, 0.5) is 5.69 Å². The molecule has 2 amide bonds. The number of hydrogen-bond acceptors (Lipinski definition) is 4. The fraction of sp³-hybridized carbons (Fsp3) is 0.500. The van der Waals surface area contributed by atoms with Gasteiger partial charge >= 0.3 is 0 Å². The first kappa shape index (κ1) is 16.5. The van der Waals surface area contributed by atoms with E-state index in [4.69, 9.17) is 4.74 Å². The Hall–Kier alpha value is -1.92. The van der Waals surface area contributed by atoms with Crippen LogP contribution in [0.3, 0.4) is 0 Å². The van der Waals surface area contributed by atoms with Gasteiger partial charge in [-0.15, -0.1) is 0 Å². The zero-order valence-electron chi connectivity index (χ0n) is 12.9. The van der Waals surface area contributed by atoms with Crippen LogP contribution in [-0.4, -0.2) is 45.2 Å². The molecule has 1 saturated carbocycles. The minimum atomic E-state index is -0.117. The van der Waals surface area contributed by atoms with Crippen molar-refractivity contribution in [1.29, 1.82) is 0 Å². The number of carbonyl (C=O) groups is 2. The van der Waals surface area contributed by atoms with E-state index in [0.717, 1.165) is 25.1 Å². The van der Waals surface area contributed by atoms with Crippen LogP contribution < -0.4 is 16.0 Å². The summed E-state index contributed by atoms with van der Waals surface area (Å²) >= 11 is 0. The second-order valence-corrected chi connectivity index (χ2v) is 5.34. The lowest BCUT2D eigenvalue weighted by Crippen LogP contribution is -2.33. The number of anilines is 1. The van der Waals surface area contributed by atoms with Crippen molar-refractivity contribution in [2.75, 3.05) is 38.7 Å². The van der Waals surface area contributed by atoms with Gasteiger partial charge in [0.2, 0.25) is 5.91 Å². The van der Waals surface area contributed by atoms with Gasteiger partial charge in [-0.2, -0.15) is 0 Å². The number of hydrogen-bond donors (Lipinski definition) is 3. The first-order valence-corrected chi connectivity index (χ1v) is 7.59. The highest BCUT2D eigenvalue weighted by Crippen LogP contribution is 2.30. The fourth-order valence-electron chi connectivity index (χ4n) is 1.96. The number of ether oxygens (including phenoxy) is 1. The molecule has 0 aliphatic heterocycles. The SMILES string of the molecule is COCCNCCNC(=O)c1ccc(NC(=O)C2CC2)cc1. The molecule has 0 bridgehead atoms. The topological polar surface area (TPSA) is 79.5 Å². The lowest BCUT2D eigenvalue weighted by Gasteiger charge is -2.08. The van der Waals surface area contributed by atoms with E-state index in [9.17, 15) is 9.59 Å². The molecular weight excluding hydrogens is 282 g/mol. The standard InChI is InChI=1S/C16H23N3O3/c1-22-11-10-17-8-9-18-15(20)12-4-6-14(7-5-12)19-16(21)13-2-3-13/h4-7,13,17H,2-3,8-11H2,1H3,(H,18,20)(H,19,21). The van der Waals surface area contributed by atoms with Crippen molar-refractivity contribution >= 4 is 17.5 Å². The van der Waals surface area contributed by atoms with Gasteiger partial charge in [0.05, 0.1) is 6.61 Å². The maximum Gasteiger partial charge on any atom is 0.251 e. The molecular formula is C16H23N3O3. The van der Waals surface area contributed by atoms with Crippen molar-refractivity contribution in [3.8, 4) is 0 Å². The Labute approximate surface area is 130 Å². The number of benzene rings is 1. The van der Waals surface area contributed by atoms with Crippen LogP contribution in [0.2, 0.25) is 0 Å². The van der Waals surface area contributed by atoms with Crippen LogP contribution in [0.15, 0.2) is 24.3 Å². The van der Waals surface area contributed by atoms with Crippen LogP contribution in [0.25, 0.3) is 0 Å². The molecule has 0 saturated heterocycles. The van der Waals surface area contributed by atoms with Crippen LogP contribution >= 0.6 is 0 Å². The Morgan fingerprint density at radius 3 is 2.50 bits per heavy atom. The molecule has 22 heavy (non-hydrogen) atoms. The zero-order valence-corrected chi connectivity index (χ0v) is 12.9. The van der Waals surface area contributed by atoms with E-state index in [-0.39, 0.29) is 17.7 Å². The van der Waals surface area contributed by atoms with Gasteiger partial charge in [0, 0.05) is 43.9 Å². The first-order valence-electron chi connectivity index (χ1n) is 7.59. The van der Waals surface area contributed by atoms with Crippen LogP contribution in [0.1, 0.15) is 23.2 Å². The van der Waals surface area contributed by atoms with Gasteiger partial charge in [-0.1, -0.05) is 0 Å². The van der Waals surface area contributed by atoms with E-state index in [1.807, 2.05) is 0 Å². The Morgan fingerprint density at radius 1 is 1.14 bits per heavy atom. The van der Waals surface area contributed by atoms with Gasteiger partial charge in [-0.3, -0.25) is 9.59 Å². The van der Waals surface area contributed by atoms with Crippen molar-refractivity contribution in [3.05, 3.63) is 29.8 Å². The minimum Gasteiger partial charge on any atom is -0.383 e. The highest BCUT2D eigenvalue weighted by molar-refractivity contribution is 5.96. The molecule has 6 heteroatoms. The van der Waals surface area contributed by atoms with Crippen molar-refractivity contribution in [2.45, 2.75) is 12.8 Å². The van der Waals surface area contributed by atoms with Gasteiger partial charge in [0.15, 0.2) is 0 Å². The van der Waals surface area contributed by atoms with Crippen molar-refractivity contribution in [3.63, 3.8) is 0 Å². The Kier molecular flexibility index (Phi) is 6.36. The summed E-state index contributed by atoms with van der Waals surface area (Å²) < 4.78 is 4.92. The van der Waals surface area contributed by atoms with Gasteiger partial charge < -0.3 is 20.7 Å². The van der Waals surface area contributed by atoms with Gasteiger partial charge in [0.25, 0.3) is 5.91 Å². The molecule has 1 aliphatic rings. The third-order valence-electron chi connectivity index (χ3n) is 3.43. The lowest BCUT2D eigenvalue weighted by atomic mass is 10.2. The quantitative estimate of drug-likeness (QED) is 0.595. The molecule has 6 nitrogen and oxygen atoms in total. The zero-order chi connectivity index (χ0) is 15.8. The number of carbonyl (C=O) groups excluding carboxylic acids is 2. The molecule has 3 N–H and O–H groups in total. The predicted molar refractivity (Wildman–Crippen MR) is 84.9 cm³/mol. The molecule has 0 spiro atoms. The third kappa shape index (κ3) is 5.46. The minimum absolute atomic E-state index is 0.0688. The fourth-order valence-corrected chi connectivity index (χ4v) is 1.96. The predicted octanol–water partition coefficient (Wildman–Crippen LogP) is 1.00. The average Bonchev–Trinajstić information content (AvgIpc) is 3.36. The molecule has 120 valence electrons. The maximum atomic E-state index is 11.9.